The minimum absolute atomic E-state index is 0.168. The molecule has 0 unspecified atom stereocenters. The molecule has 3 heteroatoms. The summed E-state index contributed by atoms with van der Waals surface area (Å²) in [5.41, 5.74) is 0. The van der Waals surface area contributed by atoms with Gasteiger partial charge in [0.25, 0.3) is 0 Å². The van der Waals surface area contributed by atoms with Crippen molar-refractivity contribution in [3.05, 3.63) is 0 Å². The Balaban J connectivity index is 1.48. The van der Waals surface area contributed by atoms with E-state index in [1.807, 2.05) is 0 Å². The summed E-state index contributed by atoms with van der Waals surface area (Å²) in [5, 5.41) is 6.17. The molecule has 2 saturated carbocycles. The zero-order valence-electron chi connectivity index (χ0n) is 8.01. The molecule has 0 aliphatic heterocycles. The van der Waals surface area contributed by atoms with E-state index >= 15 is 0 Å². The maximum atomic E-state index is 11.2. The highest BCUT2D eigenvalue weighted by atomic mass is 16.2. The second-order valence-electron chi connectivity index (χ2n) is 4.27. The van der Waals surface area contributed by atoms with Crippen molar-refractivity contribution in [3.63, 3.8) is 0 Å². The Morgan fingerprint density at radius 1 is 1.23 bits per heavy atom. The molecule has 0 radical (unpaired) electrons. The number of hydrogen-bond acceptors (Lipinski definition) is 2. The maximum Gasteiger partial charge on any atom is 0.234 e. The van der Waals surface area contributed by atoms with Crippen LogP contribution < -0.4 is 10.6 Å². The molecule has 13 heavy (non-hydrogen) atoms. The van der Waals surface area contributed by atoms with E-state index in [4.69, 9.17) is 0 Å². The summed E-state index contributed by atoms with van der Waals surface area (Å²) in [6.45, 7) is 1.53. The first-order valence-corrected chi connectivity index (χ1v) is 5.34. The molecule has 0 spiro atoms. The third-order valence-corrected chi connectivity index (χ3v) is 2.89. The van der Waals surface area contributed by atoms with Crippen LogP contribution in [-0.4, -0.2) is 25.0 Å². The molecule has 3 nitrogen and oxygen atoms in total. The lowest BCUT2D eigenvalue weighted by Crippen LogP contribution is -2.38. The van der Waals surface area contributed by atoms with Crippen molar-refractivity contribution < 1.29 is 4.79 Å². The van der Waals surface area contributed by atoms with Gasteiger partial charge in [0.2, 0.25) is 5.91 Å². The minimum Gasteiger partial charge on any atom is -0.352 e. The Kier molecular flexibility index (Phi) is 2.83. The molecule has 2 N–H and O–H groups in total. The molecule has 2 aliphatic rings. The van der Waals surface area contributed by atoms with Crippen LogP contribution in [0.2, 0.25) is 0 Å². The van der Waals surface area contributed by atoms with E-state index in [0.29, 0.717) is 12.6 Å². The molecule has 0 bridgehead atoms. The van der Waals surface area contributed by atoms with E-state index in [1.165, 1.54) is 32.1 Å². The zero-order valence-corrected chi connectivity index (χ0v) is 8.01. The topological polar surface area (TPSA) is 41.1 Å². The SMILES string of the molecule is O=C(CNCC1CCC1)NC1CC1. The Bertz CT molecular complexity index is 185. The van der Waals surface area contributed by atoms with Crippen molar-refractivity contribution in [2.75, 3.05) is 13.1 Å². The number of nitrogens with one attached hydrogen (secondary N) is 2. The standard InChI is InChI=1S/C10H18N2O/c13-10(12-9-4-5-9)7-11-6-8-2-1-3-8/h8-9,11H,1-7H2,(H,12,13). The molecular formula is C10H18N2O. The summed E-state index contributed by atoms with van der Waals surface area (Å²) >= 11 is 0. The molecular weight excluding hydrogens is 164 g/mol. The summed E-state index contributed by atoms with van der Waals surface area (Å²) in [5.74, 6) is 1.01. The fraction of sp³-hybridized carbons (Fsp3) is 0.900. The highest BCUT2D eigenvalue weighted by molar-refractivity contribution is 5.78. The maximum absolute atomic E-state index is 11.2. The van der Waals surface area contributed by atoms with Gasteiger partial charge in [0.15, 0.2) is 0 Å². The summed E-state index contributed by atoms with van der Waals surface area (Å²) in [6.07, 6.45) is 6.41. The predicted octanol–water partition coefficient (Wildman–Crippen LogP) is 0.655. The van der Waals surface area contributed by atoms with Crippen LogP contribution in [0.3, 0.4) is 0 Å². The Morgan fingerprint density at radius 2 is 2.00 bits per heavy atom. The molecule has 0 aromatic carbocycles. The molecule has 0 aromatic rings. The van der Waals surface area contributed by atoms with Gasteiger partial charge in [-0.15, -0.1) is 0 Å². The van der Waals surface area contributed by atoms with E-state index in [-0.39, 0.29) is 5.91 Å². The van der Waals surface area contributed by atoms with Gasteiger partial charge in [-0.3, -0.25) is 4.79 Å². The summed E-state index contributed by atoms with van der Waals surface area (Å²) in [4.78, 5) is 11.2. The monoisotopic (exact) mass is 182 g/mol. The Hall–Kier alpha value is -0.570. The third-order valence-electron chi connectivity index (χ3n) is 2.89. The largest absolute Gasteiger partial charge is 0.352 e. The van der Waals surface area contributed by atoms with Gasteiger partial charge in [-0.25, -0.2) is 0 Å². The van der Waals surface area contributed by atoms with Crippen LogP contribution in [0, 0.1) is 5.92 Å². The molecule has 0 saturated heterocycles. The van der Waals surface area contributed by atoms with Crippen LogP contribution in [0.4, 0.5) is 0 Å². The number of carbonyl (C=O) groups excluding carboxylic acids is 1. The van der Waals surface area contributed by atoms with Crippen LogP contribution in [0.15, 0.2) is 0 Å². The number of hydrogen-bond donors (Lipinski definition) is 2. The third kappa shape index (κ3) is 2.99. The zero-order chi connectivity index (χ0) is 9.10. The molecule has 1 amide bonds. The number of carbonyl (C=O) groups is 1. The van der Waals surface area contributed by atoms with Gasteiger partial charge in [0.05, 0.1) is 6.54 Å². The predicted molar refractivity (Wildman–Crippen MR) is 51.4 cm³/mol. The molecule has 2 fully saturated rings. The number of amides is 1. The van der Waals surface area contributed by atoms with Gasteiger partial charge in [0.1, 0.15) is 0 Å². The summed E-state index contributed by atoms with van der Waals surface area (Å²) in [7, 11) is 0. The smallest absolute Gasteiger partial charge is 0.234 e. The first-order valence-electron chi connectivity index (χ1n) is 5.34. The Morgan fingerprint density at radius 3 is 2.54 bits per heavy atom. The second-order valence-corrected chi connectivity index (χ2v) is 4.27. The van der Waals surface area contributed by atoms with E-state index in [9.17, 15) is 4.79 Å². The van der Waals surface area contributed by atoms with Crippen LogP contribution >= 0.6 is 0 Å². The molecule has 0 heterocycles. The Labute approximate surface area is 79.3 Å². The number of rotatable bonds is 5. The van der Waals surface area contributed by atoms with Crippen molar-refractivity contribution in [1.29, 1.82) is 0 Å². The van der Waals surface area contributed by atoms with Crippen molar-refractivity contribution in [2.45, 2.75) is 38.1 Å². The van der Waals surface area contributed by atoms with Crippen LogP contribution in [0.5, 0.6) is 0 Å². The van der Waals surface area contributed by atoms with E-state index in [0.717, 1.165) is 12.5 Å². The highest BCUT2D eigenvalue weighted by Gasteiger charge is 2.23. The van der Waals surface area contributed by atoms with Crippen molar-refractivity contribution in [1.82, 2.24) is 10.6 Å². The van der Waals surface area contributed by atoms with Gasteiger partial charge < -0.3 is 10.6 Å². The van der Waals surface area contributed by atoms with Gasteiger partial charge in [-0.2, -0.15) is 0 Å². The van der Waals surface area contributed by atoms with Gasteiger partial charge in [-0.1, -0.05) is 6.42 Å². The summed E-state index contributed by atoms with van der Waals surface area (Å²) < 4.78 is 0. The quantitative estimate of drug-likeness (QED) is 0.655. The minimum atomic E-state index is 0.168. The van der Waals surface area contributed by atoms with Gasteiger partial charge in [0, 0.05) is 6.04 Å². The first kappa shape index (κ1) is 9.00. The fourth-order valence-corrected chi connectivity index (χ4v) is 1.59. The lowest BCUT2D eigenvalue weighted by atomic mass is 9.85. The lowest BCUT2D eigenvalue weighted by Gasteiger charge is -2.25. The average molecular weight is 182 g/mol. The van der Waals surface area contributed by atoms with E-state index < -0.39 is 0 Å². The van der Waals surface area contributed by atoms with Crippen molar-refractivity contribution in [3.8, 4) is 0 Å². The van der Waals surface area contributed by atoms with Gasteiger partial charge in [-0.05, 0) is 38.1 Å². The van der Waals surface area contributed by atoms with Crippen LogP contribution in [0.25, 0.3) is 0 Å². The van der Waals surface area contributed by atoms with Gasteiger partial charge >= 0.3 is 0 Å². The van der Waals surface area contributed by atoms with Crippen molar-refractivity contribution in [2.24, 2.45) is 5.92 Å². The summed E-state index contributed by atoms with van der Waals surface area (Å²) in [6, 6.07) is 0.498. The fourth-order valence-electron chi connectivity index (χ4n) is 1.59. The molecule has 2 aliphatic carbocycles. The van der Waals surface area contributed by atoms with Crippen LogP contribution in [0.1, 0.15) is 32.1 Å². The second kappa shape index (κ2) is 4.09. The van der Waals surface area contributed by atoms with Crippen LogP contribution in [-0.2, 0) is 4.79 Å². The lowest BCUT2D eigenvalue weighted by molar-refractivity contribution is -0.120. The van der Waals surface area contributed by atoms with E-state index in [2.05, 4.69) is 10.6 Å². The highest BCUT2D eigenvalue weighted by Crippen LogP contribution is 2.25. The molecule has 0 aromatic heterocycles. The molecule has 0 atom stereocenters. The normalized spacial score (nSPS) is 22.5. The molecule has 74 valence electrons. The van der Waals surface area contributed by atoms with E-state index in [1.54, 1.807) is 0 Å². The first-order chi connectivity index (χ1) is 6.34. The average Bonchev–Trinajstić information content (AvgIpc) is 2.78. The molecule has 2 rings (SSSR count). The van der Waals surface area contributed by atoms with Crippen molar-refractivity contribution >= 4 is 5.91 Å².